The SMILES string of the molecule is CC.CCCOc1cc(C)ccc1OC. The van der Waals surface area contributed by atoms with E-state index >= 15 is 0 Å². The Morgan fingerprint density at radius 1 is 1.13 bits per heavy atom. The molecule has 0 aliphatic heterocycles. The van der Waals surface area contributed by atoms with Crippen LogP contribution >= 0.6 is 0 Å². The van der Waals surface area contributed by atoms with Gasteiger partial charge in [0.1, 0.15) is 0 Å². The molecule has 0 atom stereocenters. The molecule has 1 aromatic rings. The second kappa shape index (κ2) is 8.16. The van der Waals surface area contributed by atoms with Crippen molar-refractivity contribution >= 4 is 0 Å². The lowest BCUT2D eigenvalue weighted by Crippen LogP contribution is -1.97. The lowest BCUT2D eigenvalue weighted by atomic mass is 10.2. The van der Waals surface area contributed by atoms with Crippen LogP contribution < -0.4 is 9.47 Å². The number of rotatable bonds is 4. The predicted molar refractivity (Wildman–Crippen MR) is 64.9 cm³/mol. The molecule has 15 heavy (non-hydrogen) atoms. The highest BCUT2D eigenvalue weighted by molar-refractivity contribution is 5.42. The summed E-state index contributed by atoms with van der Waals surface area (Å²) >= 11 is 0. The second-order valence-electron chi connectivity index (χ2n) is 3.00. The average Bonchev–Trinajstić information content (AvgIpc) is 2.29. The molecular formula is C13H22O2. The molecule has 0 bridgehead atoms. The van der Waals surface area contributed by atoms with Gasteiger partial charge < -0.3 is 9.47 Å². The van der Waals surface area contributed by atoms with Gasteiger partial charge in [0, 0.05) is 0 Å². The minimum Gasteiger partial charge on any atom is -0.493 e. The molecule has 0 aliphatic carbocycles. The maximum atomic E-state index is 5.53. The topological polar surface area (TPSA) is 18.5 Å². The van der Waals surface area contributed by atoms with E-state index in [1.807, 2.05) is 39.0 Å². The van der Waals surface area contributed by atoms with E-state index in [9.17, 15) is 0 Å². The zero-order valence-corrected chi connectivity index (χ0v) is 10.5. The average molecular weight is 210 g/mol. The normalized spacial score (nSPS) is 8.87. The Morgan fingerprint density at radius 3 is 2.33 bits per heavy atom. The first-order chi connectivity index (χ1) is 7.27. The molecule has 0 saturated carbocycles. The molecule has 0 fully saturated rings. The number of benzene rings is 1. The van der Waals surface area contributed by atoms with Crippen molar-refractivity contribution in [3.63, 3.8) is 0 Å². The van der Waals surface area contributed by atoms with E-state index < -0.39 is 0 Å². The number of methoxy groups -OCH3 is 1. The highest BCUT2D eigenvalue weighted by Gasteiger charge is 2.02. The zero-order chi connectivity index (χ0) is 11.7. The molecule has 0 aromatic heterocycles. The lowest BCUT2D eigenvalue weighted by molar-refractivity contribution is 0.294. The van der Waals surface area contributed by atoms with Crippen molar-refractivity contribution < 1.29 is 9.47 Å². The molecule has 0 unspecified atom stereocenters. The van der Waals surface area contributed by atoms with E-state index in [-0.39, 0.29) is 0 Å². The van der Waals surface area contributed by atoms with Crippen molar-refractivity contribution in [1.82, 2.24) is 0 Å². The quantitative estimate of drug-likeness (QED) is 0.752. The van der Waals surface area contributed by atoms with Gasteiger partial charge in [-0.1, -0.05) is 26.8 Å². The van der Waals surface area contributed by atoms with Gasteiger partial charge in [-0.2, -0.15) is 0 Å². The highest BCUT2D eigenvalue weighted by Crippen LogP contribution is 2.27. The molecule has 0 N–H and O–H groups in total. The summed E-state index contributed by atoms with van der Waals surface area (Å²) in [5.41, 5.74) is 1.19. The minimum absolute atomic E-state index is 0.736. The first-order valence-electron chi connectivity index (χ1n) is 5.55. The van der Waals surface area contributed by atoms with E-state index in [0.29, 0.717) is 0 Å². The fraction of sp³-hybridized carbons (Fsp3) is 0.538. The van der Waals surface area contributed by atoms with Crippen LogP contribution in [0.4, 0.5) is 0 Å². The molecular weight excluding hydrogens is 188 g/mol. The second-order valence-corrected chi connectivity index (χ2v) is 3.00. The highest BCUT2D eigenvalue weighted by atomic mass is 16.5. The van der Waals surface area contributed by atoms with Crippen LogP contribution in [0.25, 0.3) is 0 Å². The Labute approximate surface area is 93.2 Å². The zero-order valence-electron chi connectivity index (χ0n) is 10.5. The molecule has 1 aromatic carbocycles. The Bertz CT molecular complexity index is 269. The molecule has 0 saturated heterocycles. The van der Waals surface area contributed by atoms with Gasteiger partial charge in [-0.25, -0.2) is 0 Å². The predicted octanol–water partition coefficient (Wildman–Crippen LogP) is 3.82. The monoisotopic (exact) mass is 210 g/mol. The molecule has 2 nitrogen and oxygen atoms in total. The Kier molecular flexibility index (Phi) is 7.51. The van der Waals surface area contributed by atoms with Gasteiger partial charge in [-0.05, 0) is 31.0 Å². The molecule has 0 radical (unpaired) electrons. The van der Waals surface area contributed by atoms with Crippen LogP contribution in [-0.2, 0) is 0 Å². The van der Waals surface area contributed by atoms with Gasteiger partial charge in [0.15, 0.2) is 11.5 Å². The number of hydrogen-bond acceptors (Lipinski definition) is 2. The van der Waals surface area contributed by atoms with Crippen LogP contribution in [0.2, 0.25) is 0 Å². The van der Waals surface area contributed by atoms with Gasteiger partial charge >= 0.3 is 0 Å². The third-order valence-corrected chi connectivity index (χ3v) is 1.78. The van der Waals surface area contributed by atoms with E-state index in [0.717, 1.165) is 24.5 Å². The number of ether oxygens (including phenoxy) is 2. The summed E-state index contributed by atoms with van der Waals surface area (Å²) in [5, 5.41) is 0. The van der Waals surface area contributed by atoms with E-state index in [1.54, 1.807) is 7.11 Å². The van der Waals surface area contributed by atoms with Crippen molar-refractivity contribution in [2.45, 2.75) is 34.1 Å². The van der Waals surface area contributed by atoms with Crippen molar-refractivity contribution in [3.8, 4) is 11.5 Å². The van der Waals surface area contributed by atoms with E-state index in [2.05, 4.69) is 6.92 Å². The summed E-state index contributed by atoms with van der Waals surface area (Å²) in [6, 6.07) is 5.94. The fourth-order valence-corrected chi connectivity index (χ4v) is 1.11. The van der Waals surface area contributed by atoms with Gasteiger partial charge in [-0.15, -0.1) is 0 Å². The minimum atomic E-state index is 0.736. The van der Waals surface area contributed by atoms with Crippen LogP contribution in [0.15, 0.2) is 18.2 Å². The van der Waals surface area contributed by atoms with Crippen molar-refractivity contribution in [1.29, 1.82) is 0 Å². The summed E-state index contributed by atoms with van der Waals surface area (Å²) in [7, 11) is 1.66. The summed E-state index contributed by atoms with van der Waals surface area (Å²) in [4.78, 5) is 0. The van der Waals surface area contributed by atoms with Crippen LogP contribution in [0.5, 0.6) is 11.5 Å². The fourth-order valence-electron chi connectivity index (χ4n) is 1.11. The largest absolute Gasteiger partial charge is 0.493 e. The third-order valence-electron chi connectivity index (χ3n) is 1.78. The van der Waals surface area contributed by atoms with Gasteiger partial charge in [0.25, 0.3) is 0 Å². The maximum absolute atomic E-state index is 5.53. The molecule has 0 aliphatic rings. The van der Waals surface area contributed by atoms with Crippen molar-refractivity contribution in [2.75, 3.05) is 13.7 Å². The standard InChI is InChI=1S/C11H16O2.C2H6/c1-4-7-13-11-8-9(2)5-6-10(11)12-3;1-2/h5-6,8H,4,7H2,1-3H3;1-2H3. The van der Waals surface area contributed by atoms with Crippen molar-refractivity contribution in [2.24, 2.45) is 0 Å². The number of hydrogen-bond donors (Lipinski definition) is 0. The Balaban J connectivity index is 0.000000921. The summed E-state index contributed by atoms with van der Waals surface area (Å²) in [5.74, 6) is 1.64. The molecule has 86 valence electrons. The first-order valence-corrected chi connectivity index (χ1v) is 5.55. The molecule has 1 rings (SSSR count). The Hall–Kier alpha value is -1.18. The van der Waals surface area contributed by atoms with Crippen LogP contribution in [-0.4, -0.2) is 13.7 Å². The van der Waals surface area contributed by atoms with Gasteiger partial charge in [0.2, 0.25) is 0 Å². The molecule has 0 spiro atoms. The smallest absolute Gasteiger partial charge is 0.161 e. The summed E-state index contributed by atoms with van der Waals surface area (Å²) < 4.78 is 10.7. The maximum Gasteiger partial charge on any atom is 0.161 e. The van der Waals surface area contributed by atoms with Gasteiger partial charge in [0.05, 0.1) is 13.7 Å². The first kappa shape index (κ1) is 13.8. The number of aryl methyl sites for hydroxylation is 1. The Morgan fingerprint density at radius 2 is 1.80 bits per heavy atom. The molecule has 0 amide bonds. The van der Waals surface area contributed by atoms with Crippen molar-refractivity contribution in [3.05, 3.63) is 23.8 Å². The van der Waals surface area contributed by atoms with Crippen LogP contribution in [0, 0.1) is 6.92 Å². The van der Waals surface area contributed by atoms with E-state index in [1.165, 1.54) is 5.56 Å². The van der Waals surface area contributed by atoms with Gasteiger partial charge in [-0.3, -0.25) is 0 Å². The van der Waals surface area contributed by atoms with Crippen LogP contribution in [0.1, 0.15) is 32.8 Å². The summed E-state index contributed by atoms with van der Waals surface area (Å²) in [6.07, 6.45) is 1.01. The van der Waals surface area contributed by atoms with E-state index in [4.69, 9.17) is 9.47 Å². The van der Waals surface area contributed by atoms with Crippen LogP contribution in [0.3, 0.4) is 0 Å². The summed E-state index contributed by atoms with van der Waals surface area (Å²) in [6.45, 7) is 8.86. The third kappa shape index (κ3) is 4.73. The molecule has 2 heteroatoms. The lowest BCUT2D eigenvalue weighted by Gasteiger charge is -2.10. The molecule has 0 heterocycles.